The molecule has 0 saturated carbocycles. The van der Waals surface area contributed by atoms with E-state index in [1.54, 1.807) is 36.4 Å². The number of nitrogens with zero attached hydrogens (tertiary/aromatic N) is 1. The summed E-state index contributed by atoms with van der Waals surface area (Å²) >= 11 is 0. The molecule has 0 amide bonds. The van der Waals surface area contributed by atoms with Gasteiger partial charge >= 0.3 is 0 Å². The Labute approximate surface area is 167 Å². The lowest BCUT2D eigenvalue weighted by Crippen LogP contribution is -2.41. The highest BCUT2D eigenvalue weighted by Crippen LogP contribution is 2.35. The Balaban J connectivity index is 2.40. The highest BCUT2D eigenvalue weighted by Gasteiger charge is 2.18. The predicted molar refractivity (Wildman–Crippen MR) is 95.7 cm³/mol. The van der Waals surface area contributed by atoms with Gasteiger partial charge in [0, 0.05) is 12.1 Å². The number of hydrogen-bond donors (Lipinski definition) is 1. The summed E-state index contributed by atoms with van der Waals surface area (Å²) in [5, 5.41) is 47.0. The predicted octanol–water partition coefficient (Wildman–Crippen LogP) is -2.86. The van der Waals surface area contributed by atoms with Gasteiger partial charge < -0.3 is 45.0 Å². The molecule has 2 aromatic carbocycles. The van der Waals surface area contributed by atoms with Crippen LogP contribution in [0.15, 0.2) is 48.5 Å². The lowest BCUT2D eigenvalue weighted by molar-refractivity contribution is -0.365. The SMILES string of the molecule is O=C([O-])CN(CC[O-])c1ccccc1Oc1ccccc1C(NCC[O-])C(=O)[O-]. The number of anilines is 1. The molecule has 0 fully saturated rings. The van der Waals surface area contributed by atoms with E-state index in [9.17, 15) is 30.0 Å². The minimum atomic E-state index is -1.42. The first-order valence-electron chi connectivity index (χ1n) is 8.89. The zero-order valence-electron chi connectivity index (χ0n) is 15.5. The number of para-hydroxylation sites is 3. The molecule has 0 aromatic heterocycles. The molecular formula is C20H20N2O7-4. The van der Waals surface area contributed by atoms with Crippen molar-refractivity contribution in [3.05, 3.63) is 54.1 Å². The van der Waals surface area contributed by atoms with Crippen molar-refractivity contribution in [2.45, 2.75) is 6.04 Å². The summed E-state index contributed by atoms with van der Waals surface area (Å²) in [5.74, 6) is -2.36. The molecule has 0 saturated heterocycles. The van der Waals surface area contributed by atoms with E-state index < -0.39 is 37.7 Å². The Kier molecular flexibility index (Phi) is 8.41. The molecule has 156 valence electrons. The molecule has 0 aliphatic rings. The van der Waals surface area contributed by atoms with Crippen LogP contribution in [0.4, 0.5) is 5.69 Å². The van der Waals surface area contributed by atoms with Gasteiger partial charge in [-0.25, -0.2) is 0 Å². The van der Waals surface area contributed by atoms with E-state index in [1.165, 1.54) is 17.0 Å². The maximum atomic E-state index is 11.5. The number of carbonyl (C=O) groups is 2. The van der Waals surface area contributed by atoms with Crippen molar-refractivity contribution in [1.29, 1.82) is 0 Å². The third-order valence-corrected chi connectivity index (χ3v) is 4.02. The van der Waals surface area contributed by atoms with Gasteiger partial charge in [0.05, 0.1) is 30.2 Å². The van der Waals surface area contributed by atoms with E-state index in [0.717, 1.165) is 0 Å². The maximum Gasteiger partial charge on any atom is 0.150 e. The van der Waals surface area contributed by atoms with Crippen LogP contribution in [-0.4, -0.2) is 44.8 Å². The molecule has 0 heterocycles. The highest BCUT2D eigenvalue weighted by molar-refractivity contribution is 5.76. The van der Waals surface area contributed by atoms with Crippen molar-refractivity contribution in [2.24, 2.45) is 0 Å². The summed E-state index contributed by atoms with van der Waals surface area (Å²) in [5.41, 5.74) is 0.589. The van der Waals surface area contributed by atoms with Gasteiger partial charge in [-0.1, -0.05) is 30.3 Å². The minimum Gasteiger partial charge on any atom is -0.854 e. The number of carboxylic acid groups (broad SMARTS) is 2. The van der Waals surface area contributed by atoms with Crippen molar-refractivity contribution in [3.63, 3.8) is 0 Å². The Morgan fingerprint density at radius 3 is 2.24 bits per heavy atom. The summed E-state index contributed by atoms with van der Waals surface area (Å²) in [7, 11) is 0. The Morgan fingerprint density at radius 1 is 0.966 bits per heavy atom. The van der Waals surface area contributed by atoms with Gasteiger partial charge in [-0.15, -0.1) is 13.2 Å². The number of carbonyl (C=O) groups excluding carboxylic acids is 2. The van der Waals surface area contributed by atoms with Crippen LogP contribution < -0.4 is 35.4 Å². The number of ether oxygens (including phenoxy) is 1. The molecule has 9 nitrogen and oxygen atoms in total. The molecule has 0 bridgehead atoms. The van der Waals surface area contributed by atoms with E-state index in [2.05, 4.69) is 5.32 Å². The van der Waals surface area contributed by atoms with Crippen LogP contribution in [0.5, 0.6) is 11.5 Å². The van der Waals surface area contributed by atoms with Crippen molar-refractivity contribution in [2.75, 3.05) is 37.7 Å². The molecule has 29 heavy (non-hydrogen) atoms. The molecular weight excluding hydrogens is 380 g/mol. The van der Waals surface area contributed by atoms with Crippen molar-refractivity contribution >= 4 is 17.6 Å². The molecule has 0 radical (unpaired) electrons. The second-order valence-electron chi connectivity index (χ2n) is 6.02. The van der Waals surface area contributed by atoms with Gasteiger partial charge in [-0.05, 0) is 24.7 Å². The van der Waals surface area contributed by atoms with Gasteiger partial charge in [0.1, 0.15) is 5.75 Å². The summed E-state index contributed by atoms with van der Waals surface area (Å²) in [6.45, 7) is -1.71. The quantitative estimate of drug-likeness (QED) is 0.396. The third-order valence-electron chi connectivity index (χ3n) is 4.02. The van der Waals surface area contributed by atoms with Crippen LogP contribution in [0, 0.1) is 0 Å². The first kappa shape index (κ1) is 22.2. The van der Waals surface area contributed by atoms with E-state index in [-0.39, 0.29) is 30.2 Å². The van der Waals surface area contributed by atoms with Crippen LogP contribution in [0.3, 0.4) is 0 Å². The average Bonchev–Trinajstić information content (AvgIpc) is 2.69. The topological polar surface area (TPSA) is 151 Å². The summed E-state index contributed by atoms with van der Waals surface area (Å²) in [6, 6.07) is 11.5. The molecule has 1 unspecified atom stereocenters. The normalized spacial score (nSPS) is 11.7. The summed E-state index contributed by atoms with van der Waals surface area (Å²) in [4.78, 5) is 23.9. The maximum absolute atomic E-state index is 11.5. The van der Waals surface area contributed by atoms with Gasteiger partial charge in [0.25, 0.3) is 0 Å². The lowest BCUT2D eigenvalue weighted by atomic mass is 10.1. The number of carboxylic acids is 2. The van der Waals surface area contributed by atoms with Crippen LogP contribution in [-0.2, 0) is 9.59 Å². The van der Waals surface area contributed by atoms with E-state index in [1.807, 2.05) is 0 Å². The minimum absolute atomic E-state index is 0.0769. The fraction of sp³-hybridized carbons (Fsp3) is 0.300. The first-order chi connectivity index (χ1) is 14.0. The molecule has 9 heteroatoms. The third kappa shape index (κ3) is 6.18. The van der Waals surface area contributed by atoms with E-state index in [0.29, 0.717) is 5.69 Å². The lowest BCUT2D eigenvalue weighted by Gasteiger charge is -2.29. The monoisotopic (exact) mass is 400 g/mol. The molecule has 0 spiro atoms. The van der Waals surface area contributed by atoms with Crippen LogP contribution in [0.2, 0.25) is 0 Å². The smallest absolute Gasteiger partial charge is 0.150 e. The summed E-state index contributed by atoms with van der Waals surface area (Å²) < 4.78 is 5.89. The van der Waals surface area contributed by atoms with Gasteiger partial charge in [-0.3, -0.25) is 0 Å². The number of hydrogen-bond acceptors (Lipinski definition) is 9. The average molecular weight is 400 g/mol. The number of aliphatic carboxylic acids is 2. The number of benzene rings is 2. The Bertz CT molecular complexity index is 828. The van der Waals surface area contributed by atoms with Crippen molar-refractivity contribution < 1.29 is 34.8 Å². The molecule has 1 N–H and O–H groups in total. The molecule has 2 aromatic rings. The Morgan fingerprint density at radius 2 is 1.62 bits per heavy atom. The zero-order valence-corrected chi connectivity index (χ0v) is 15.5. The first-order valence-corrected chi connectivity index (χ1v) is 8.89. The fourth-order valence-electron chi connectivity index (χ4n) is 2.81. The fourth-order valence-corrected chi connectivity index (χ4v) is 2.81. The van der Waals surface area contributed by atoms with Gasteiger partial charge in [0.2, 0.25) is 0 Å². The molecule has 0 aliphatic carbocycles. The van der Waals surface area contributed by atoms with E-state index >= 15 is 0 Å². The molecule has 1 atom stereocenters. The summed E-state index contributed by atoms with van der Waals surface area (Å²) in [6.07, 6.45) is 0. The van der Waals surface area contributed by atoms with Crippen molar-refractivity contribution in [1.82, 2.24) is 5.32 Å². The van der Waals surface area contributed by atoms with Crippen LogP contribution in [0.25, 0.3) is 0 Å². The second kappa shape index (κ2) is 11.0. The second-order valence-corrected chi connectivity index (χ2v) is 6.02. The molecule has 0 aliphatic heterocycles. The van der Waals surface area contributed by atoms with Crippen molar-refractivity contribution in [3.8, 4) is 11.5 Å². The number of rotatable bonds is 12. The number of nitrogens with one attached hydrogen (secondary N) is 1. The Hall–Kier alpha value is -3.14. The van der Waals surface area contributed by atoms with Gasteiger partial charge in [0.15, 0.2) is 5.75 Å². The largest absolute Gasteiger partial charge is 0.854 e. The van der Waals surface area contributed by atoms with E-state index in [4.69, 9.17) is 4.74 Å². The van der Waals surface area contributed by atoms with Gasteiger partial charge in [-0.2, -0.15) is 0 Å². The zero-order chi connectivity index (χ0) is 21.2. The highest BCUT2D eigenvalue weighted by atomic mass is 16.5. The molecule has 2 rings (SSSR count). The van der Waals surface area contributed by atoms with Crippen LogP contribution >= 0.6 is 0 Å². The standard InChI is InChI=1S/C20H22N2O7/c23-11-9-21-19(20(27)28)14-5-1-3-7-16(14)29-17-8-4-2-6-15(17)22(10-12-24)13-18(25)26/h1-8,19,21H,9-13H2,(H,25,26)(H,27,28)/q-2/p-2. The van der Waals surface area contributed by atoms with Crippen LogP contribution in [0.1, 0.15) is 11.6 Å².